The zero-order valence-corrected chi connectivity index (χ0v) is 22.4. The van der Waals surface area contributed by atoms with Crippen LogP contribution in [0.4, 0.5) is 11.6 Å². The third kappa shape index (κ3) is 5.88. The molecule has 0 unspecified atom stereocenters. The molecule has 1 aliphatic rings. The van der Waals surface area contributed by atoms with Crippen LogP contribution in [-0.2, 0) is 13.7 Å². The molecule has 9 heteroatoms. The number of aromatic nitrogens is 5. The van der Waals surface area contributed by atoms with Crippen molar-refractivity contribution in [1.82, 2.24) is 29.3 Å². The van der Waals surface area contributed by atoms with Gasteiger partial charge in [-0.2, -0.15) is 10.1 Å². The summed E-state index contributed by atoms with van der Waals surface area (Å²) in [5.74, 6) is 2.17. The first-order chi connectivity index (χ1) is 19.1. The Labute approximate surface area is 228 Å². The van der Waals surface area contributed by atoms with E-state index in [-0.39, 0.29) is 0 Å². The van der Waals surface area contributed by atoms with Crippen LogP contribution < -0.4 is 14.8 Å². The standard InChI is InChI=1S/C30H33N7O2/c1-22-19-25(33-35(22)2)21-39-27-8-5-7-23(20-27)28-9-6-10-29-32-30(34-37(28)29)31-24-11-13-26(14-12-24)38-18-17-36-15-3-4-16-36/h5-14,19-20H,3-4,15-18,21H2,1-2H3,(H,31,34). The third-order valence-corrected chi connectivity index (χ3v) is 7.03. The first kappa shape index (κ1) is 24.9. The fourth-order valence-corrected chi connectivity index (χ4v) is 4.85. The number of nitrogens with zero attached hydrogens (tertiary/aromatic N) is 6. The van der Waals surface area contributed by atoms with E-state index < -0.39 is 0 Å². The van der Waals surface area contributed by atoms with Crippen molar-refractivity contribution in [2.75, 3.05) is 31.6 Å². The van der Waals surface area contributed by atoms with Crippen molar-refractivity contribution in [3.63, 3.8) is 0 Å². The van der Waals surface area contributed by atoms with Crippen molar-refractivity contribution < 1.29 is 9.47 Å². The second-order valence-electron chi connectivity index (χ2n) is 9.88. The number of nitrogens with one attached hydrogen (secondary N) is 1. The number of aryl methyl sites for hydroxylation is 2. The van der Waals surface area contributed by atoms with E-state index in [0.717, 1.165) is 52.0 Å². The van der Waals surface area contributed by atoms with Crippen LogP contribution in [0.5, 0.6) is 11.5 Å². The molecule has 0 radical (unpaired) electrons. The van der Waals surface area contributed by atoms with Gasteiger partial charge in [-0.3, -0.25) is 9.58 Å². The molecule has 4 heterocycles. The maximum absolute atomic E-state index is 6.03. The zero-order valence-electron chi connectivity index (χ0n) is 22.4. The maximum Gasteiger partial charge on any atom is 0.247 e. The van der Waals surface area contributed by atoms with Gasteiger partial charge in [-0.25, -0.2) is 4.52 Å². The van der Waals surface area contributed by atoms with Crippen molar-refractivity contribution >= 4 is 17.3 Å². The van der Waals surface area contributed by atoms with Gasteiger partial charge in [0, 0.05) is 30.5 Å². The van der Waals surface area contributed by atoms with E-state index in [9.17, 15) is 0 Å². The molecule has 5 aromatic rings. The average molecular weight is 524 g/mol. The van der Waals surface area contributed by atoms with E-state index in [1.54, 1.807) is 0 Å². The van der Waals surface area contributed by atoms with Gasteiger partial charge in [0.05, 0.1) is 5.69 Å². The molecule has 39 heavy (non-hydrogen) atoms. The topological polar surface area (TPSA) is 81.7 Å². The quantitative estimate of drug-likeness (QED) is 0.268. The highest BCUT2D eigenvalue weighted by molar-refractivity contribution is 5.66. The lowest BCUT2D eigenvalue weighted by molar-refractivity contribution is 0.238. The van der Waals surface area contributed by atoms with Gasteiger partial charge in [-0.05, 0) is 87.5 Å². The molecular weight excluding hydrogens is 490 g/mol. The Hall–Kier alpha value is -4.37. The molecule has 0 aliphatic carbocycles. The fraction of sp³-hybridized carbons (Fsp3) is 0.300. The zero-order chi connectivity index (χ0) is 26.6. The molecule has 0 saturated carbocycles. The summed E-state index contributed by atoms with van der Waals surface area (Å²) >= 11 is 0. The number of pyridine rings is 1. The number of hydrogen-bond donors (Lipinski definition) is 1. The molecule has 9 nitrogen and oxygen atoms in total. The normalized spacial score (nSPS) is 13.7. The summed E-state index contributed by atoms with van der Waals surface area (Å²) in [6, 6.07) is 23.9. The predicted molar refractivity (Wildman–Crippen MR) is 152 cm³/mol. The van der Waals surface area contributed by atoms with Crippen LogP contribution in [0.15, 0.2) is 72.8 Å². The minimum atomic E-state index is 0.412. The van der Waals surface area contributed by atoms with E-state index in [4.69, 9.17) is 14.6 Å². The Morgan fingerprint density at radius 2 is 1.69 bits per heavy atom. The third-order valence-electron chi connectivity index (χ3n) is 7.03. The highest BCUT2D eigenvalue weighted by atomic mass is 16.5. The Morgan fingerprint density at radius 1 is 0.872 bits per heavy atom. The second-order valence-corrected chi connectivity index (χ2v) is 9.88. The predicted octanol–water partition coefficient (Wildman–Crippen LogP) is 5.24. The van der Waals surface area contributed by atoms with Gasteiger partial charge in [-0.15, -0.1) is 5.10 Å². The Kier molecular flexibility index (Phi) is 7.14. The number of ether oxygens (including phenoxy) is 2. The number of likely N-dealkylation sites (tertiary alicyclic amines) is 1. The summed E-state index contributed by atoms with van der Waals surface area (Å²) in [5.41, 5.74) is 5.57. The summed E-state index contributed by atoms with van der Waals surface area (Å²) in [5, 5.41) is 12.5. The molecule has 2 aromatic carbocycles. The monoisotopic (exact) mass is 523 g/mol. The van der Waals surface area contributed by atoms with Gasteiger partial charge in [0.15, 0.2) is 5.65 Å². The molecule has 6 rings (SSSR count). The summed E-state index contributed by atoms with van der Waals surface area (Å²) in [6.45, 7) is 6.50. The molecular formula is C30H33N7O2. The van der Waals surface area contributed by atoms with E-state index in [1.807, 2.05) is 96.0 Å². The highest BCUT2D eigenvalue weighted by Gasteiger charge is 2.12. The van der Waals surface area contributed by atoms with Gasteiger partial charge >= 0.3 is 0 Å². The van der Waals surface area contributed by atoms with Gasteiger partial charge in [-0.1, -0.05) is 18.2 Å². The van der Waals surface area contributed by atoms with Crippen LogP contribution in [0.2, 0.25) is 0 Å². The molecule has 0 atom stereocenters. The minimum absolute atomic E-state index is 0.412. The molecule has 0 amide bonds. The Bertz CT molecular complexity index is 1530. The smallest absolute Gasteiger partial charge is 0.247 e. The van der Waals surface area contributed by atoms with Crippen molar-refractivity contribution in [2.45, 2.75) is 26.4 Å². The fourth-order valence-electron chi connectivity index (χ4n) is 4.85. The van der Waals surface area contributed by atoms with Crippen molar-refractivity contribution in [3.8, 4) is 22.8 Å². The van der Waals surface area contributed by atoms with Crippen LogP contribution >= 0.6 is 0 Å². The molecule has 1 fully saturated rings. The lowest BCUT2D eigenvalue weighted by Crippen LogP contribution is -2.25. The lowest BCUT2D eigenvalue weighted by Gasteiger charge is -2.15. The Morgan fingerprint density at radius 3 is 2.49 bits per heavy atom. The van der Waals surface area contributed by atoms with Crippen LogP contribution in [0.25, 0.3) is 16.9 Å². The summed E-state index contributed by atoms with van der Waals surface area (Å²) in [4.78, 5) is 7.13. The van der Waals surface area contributed by atoms with Gasteiger partial charge in [0.2, 0.25) is 5.95 Å². The molecule has 1 saturated heterocycles. The SMILES string of the molecule is Cc1cc(COc2cccc(-c3cccc4nc(Nc5ccc(OCCN6CCCC6)cc5)nn34)c2)nn1C. The van der Waals surface area contributed by atoms with Crippen LogP contribution in [0, 0.1) is 6.92 Å². The van der Waals surface area contributed by atoms with Crippen LogP contribution in [-0.4, -0.2) is 55.5 Å². The maximum atomic E-state index is 6.03. The number of fused-ring (bicyclic) bond motifs is 1. The first-order valence-electron chi connectivity index (χ1n) is 13.4. The summed E-state index contributed by atoms with van der Waals surface area (Å²) in [6.07, 6.45) is 2.60. The number of benzene rings is 2. The van der Waals surface area contributed by atoms with E-state index in [1.165, 1.54) is 25.9 Å². The average Bonchev–Trinajstić information content (AvgIpc) is 3.69. The second kappa shape index (κ2) is 11.2. The van der Waals surface area contributed by atoms with Crippen LogP contribution in [0.3, 0.4) is 0 Å². The summed E-state index contributed by atoms with van der Waals surface area (Å²) < 4.78 is 15.7. The van der Waals surface area contributed by atoms with Crippen LogP contribution in [0.1, 0.15) is 24.2 Å². The highest BCUT2D eigenvalue weighted by Crippen LogP contribution is 2.26. The largest absolute Gasteiger partial charge is 0.492 e. The summed E-state index contributed by atoms with van der Waals surface area (Å²) in [7, 11) is 1.93. The van der Waals surface area contributed by atoms with Crippen molar-refractivity contribution in [3.05, 3.63) is 84.2 Å². The number of rotatable bonds is 10. The van der Waals surface area contributed by atoms with Gasteiger partial charge in [0.1, 0.15) is 30.4 Å². The molecule has 0 bridgehead atoms. The Balaban J connectivity index is 1.13. The number of hydrogen-bond acceptors (Lipinski definition) is 7. The minimum Gasteiger partial charge on any atom is -0.492 e. The lowest BCUT2D eigenvalue weighted by atomic mass is 10.1. The molecule has 1 N–H and O–H groups in total. The molecule has 3 aromatic heterocycles. The number of anilines is 2. The molecule has 0 spiro atoms. The van der Waals surface area contributed by atoms with E-state index in [2.05, 4.69) is 20.3 Å². The van der Waals surface area contributed by atoms with E-state index in [0.29, 0.717) is 19.2 Å². The van der Waals surface area contributed by atoms with E-state index >= 15 is 0 Å². The first-order valence-corrected chi connectivity index (χ1v) is 13.4. The van der Waals surface area contributed by atoms with Gasteiger partial charge < -0.3 is 14.8 Å². The van der Waals surface area contributed by atoms with Crippen molar-refractivity contribution in [1.29, 1.82) is 0 Å². The van der Waals surface area contributed by atoms with Gasteiger partial charge in [0.25, 0.3) is 0 Å². The molecule has 1 aliphatic heterocycles. The van der Waals surface area contributed by atoms with Crippen molar-refractivity contribution in [2.24, 2.45) is 7.05 Å². The molecule has 200 valence electrons.